The zero-order chi connectivity index (χ0) is 19.7. The third kappa shape index (κ3) is 3.27. The first-order chi connectivity index (χ1) is 13.6. The van der Waals surface area contributed by atoms with Gasteiger partial charge in [-0.1, -0.05) is 48.0 Å². The van der Waals surface area contributed by atoms with Gasteiger partial charge < -0.3 is 10.1 Å². The Morgan fingerprint density at radius 2 is 1.82 bits per heavy atom. The number of benzene rings is 2. The molecule has 0 fully saturated rings. The number of nitrogens with one attached hydrogen (secondary N) is 1. The summed E-state index contributed by atoms with van der Waals surface area (Å²) in [6, 6.07) is 12.7. The lowest BCUT2D eigenvalue weighted by atomic mass is 9.95. The summed E-state index contributed by atoms with van der Waals surface area (Å²) in [5.41, 5.74) is 7.48. The summed E-state index contributed by atoms with van der Waals surface area (Å²) in [5, 5.41) is 3.87. The van der Waals surface area contributed by atoms with Gasteiger partial charge in [-0.2, -0.15) is 0 Å². The highest BCUT2D eigenvalue weighted by molar-refractivity contribution is 6.36. The second-order valence-corrected chi connectivity index (χ2v) is 7.50. The van der Waals surface area contributed by atoms with Crippen molar-refractivity contribution >= 4 is 11.6 Å². The fourth-order valence-corrected chi connectivity index (χ4v) is 4.23. The largest absolute Gasteiger partial charge is 0.480 e. The summed E-state index contributed by atoms with van der Waals surface area (Å²) in [6.45, 7) is 2.02. The molecule has 1 heterocycles. The van der Waals surface area contributed by atoms with Crippen LogP contribution in [0.3, 0.4) is 0 Å². The van der Waals surface area contributed by atoms with Crippen LogP contribution in [0.5, 0.6) is 5.88 Å². The molecule has 0 saturated carbocycles. The van der Waals surface area contributed by atoms with Crippen LogP contribution in [0.2, 0.25) is 5.02 Å². The minimum atomic E-state index is 0.0465. The van der Waals surface area contributed by atoms with E-state index in [1.165, 1.54) is 23.1 Å². The number of aromatic nitrogens is 2. The van der Waals surface area contributed by atoms with Crippen LogP contribution in [0, 0.1) is 0 Å². The Balaban J connectivity index is 1.81. The summed E-state index contributed by atoms with van der Waals surface area (Å²) >= 11 is 6.88. The first kappa shape index (κ1) is 18.9. The zero-order valence-corrected chi connectivity index (χ0v) is 17.2. The Labute approximate surface area is 171 Å². The number of ether oxygens (including phenoxy) is 1. The minimum Gasteiger partial charge on any atom is -0.480 e. The molecule has 5 heteroatoms. The molecule has 4 nitrogen and oxygen atoms in total. The van der Waals surface area contributed by atoms with Gasteiger partial charge in [-0.15, -0.1) is 0 Å². The van der Waals surface area contributed by atoms with E-state index < -0.39 is 0 Å². The van der Waals surface area contributed by atoms with E-state index in [1.54, 1.807) is 13.3 Å². The number of hydrogen-bond acceptors (Lipinski definition) is 4. The van der Waals surface area contributed by atoms with Crippen molar-refractivity contribution in [2.45, 2.75) is 32.2 Å². The second kappa shape index (κ2) is 7.90. The predicted octanol–water partition coefficient (Wildman–Crippen LogP) is 5.24. The first-order valence-electron chi connectivity index (χ1n) is 9.62. The van der Waals surface area contributed by atoms with Gasteiger partial charge in [0, 0.05) is 11.1 Å². The molecular weight excluding hydrogens is 370 g/mol. The maximum atomic E-state index is 6.88. The molecule has 1 aliphatic carbocycles. The Hall–Kier alpha value is -2.43. The Morgan fingerprint density at radius 1 is 1.07 bits per heavy atom. The highest BCUT2D eigenvalue weighted by Crippen LogP contribution is 2.40. The van der Waals surface area contributed by atoms with Gasteiger partial charge in [-0.3, -0.25) is 4.98 Å². The molecule has 0 spiro atoms. The van der Waals surface area contributed by atoms with Crippen molar-refractivity contribution in [1.82, 2.24) is 15.3 Å². The molecule has 0 bridgehead atoms. The topological polar surface area (TPSA) is 47.0 Å². The second-order valence-electron chi connectivity index (χ2n) is 7.12. The maximum Gasteiger partial charge on any atom is 0.237 e. The molecule has 0 radical (unpaired) electrons. The average Bonchev–Trinajstić information content (AvgIpc) is 3.22. The van der Waals surface area contributed by atoms with Crippen LogP contribution in [0.25, 0.3) is 22.4 Å². The lowest BCUT2D eigenvalue weighted by Gasteiger charge is -2.16. The number of hydrogen-bond donors (Lipinski definition) is 1. The molecule has 28 heavy (non-hydrogen) atoms. The van der Waals surface area contributed by atoms with Crippen LogP contribution < -0.4 is 10.1 Å². The van der Waals surface area contributed by atoms with Crippen molar-refractivity contribution in [3.63, 3.8) is 0 Å². The summed E-state index contributed by atoms with van der Waals surface area (Å²) in [4.78, 5) is 9.28. The third-order valence-electron chi connectivity index (χ3n) is 5.51. The summed E-state index contributed by atoms with van der Waals surface area (Å²) < 4.78 is 5.49. The summed E-state index contributed by atoms with van der Waals surface area (Å²) in [5.74, 6) is 0.515. The monoisotopic (exact) mass is 393 g/mol. The van der Waals surface area contributed by atoms with Crippen LogP contribution in [0.1, 0.15) is 36.2 Å². The Kier molecular flexibility index (Phi) is 5.33. The number of nitrogens with zero attached hydrogens (tertiary/aromatic N) is 2. The molecule has 0 saturated heterocycles. The van der Waals surface area contributed by atoms with E-state index in [2.05, 4.69) is 39.6 Å². The number of aryl methyl sites for hydroxylation is 1. The Bertz CT molecular complexity index is 1020. The van der Waals surface area contributed by atoms with E-state index in [0.29, 0.717) is 16.6 Å². The SMILES string of the molecule is CNC(C)c1ncc(-c2cccc(-c3cccc4c3CCC4)c2Cl)nc1OC. The number of halogens is 1. The molecule has 0 aliphatic heterocycles. The molecule has 3 aromatic rings. The van der Waals surface area contributed by atoms with Crippen molar-refractivity contribution in [3.05, 3.63) is 64.4 Å². The molecule has 4 rings (SSSR count). The minimum absolute atomic E-state index is 0.0465. The highest BCUT2D eigenvalue weighted by Gasteiger charge is 2.20. The van der Waals surface area contributed by atoms with Crippen molar-refractivity contribution in [2.75, 3.05) is 14.2 Å². The van der Waals surface area contributed by atoms with Gasteiger partial charge in [-0.05, 0) is 49.9 Å². The average molecular weight is 394 g/mol. The van der Waals surface area contributed by atoms with E-state index >= 15 is 0 Å². The fraction of sp³-hybridized carbons (Fsp3) is 0.304. The van der Waals surface area contributed by atoms with Crippen molar-refractivity contribution in [2.24, 2.45) is 0 Å². The maximum absolute atomic E-state index is 6.88. The number of fused-ring (bicyclic) bond motifs is 1. The van der Waals surface area contributed by atoms with Crippen LogP contribution in [-0.2, 0) is 12.8 Å². The smallest absolute Gasteiger partial charge is 0.237 e. The molecule has 1 unspecified atom stereocenters. The first-order valence-corrected chi connectivity index (χ1v) is 10.00. The van der Waals surface area contributed by atoms with E-state index in [-0.39, 0.29) is 6.04 Å². The van der Waals surface area contributed by atoms with Gasteiger partial charge >= 0.3 is 0 Å². The Morgan fingerprint density at radius 3 is 2.61 bits per heavy atom. The van der Waals surface area contributed by atoms with E-state index in [0.717, 1.165) is 29.7 Å². The van der Waals surface area contributed by atoms with Crippen LogP contribution in [0.15, 0.2) is 42.6 Å². The summed E-state index contributed by atoms with van der Waals surface area (Å²) in [6.07, 6.45) is 5.23. The molecule has 144 valence electrons. The van der Waals surface area contributed by atoms with Gasteiger partial charge in [0.05, 0.1) is 30.1 Å². The van der Waals surface area contributed by atoms with Gasteiger partial charge in [0.2, 0.25) is 5.88 Å². The third-order valence-corrected chi connectivity index (χ3v) is 5.92. The summed E-state index contributed by atoms with van der Waals surface area (Å²) in [7, 11) is 3.50. The van der Waals surface area contributed by atoms with Crippen molar-refractivity contribution in [1.29, 1.82) is 0 Å². The molecule has 1 atom stereocenters. The van der Waals surface area contributed by atoms with Gasteiger partial charge in [0.25, 0.3) is 0 Å². The quantitative estimate of drug-likeness (QED) is 0.643. The highest BCUT2D eigenvalue weighted by atomic mass is 35.5. The van der Waals surface area contributed by atoms with Gasteiger partial charge in [0.15, 0.2) is 0 Å². The van der Waals surface area contributed by atoms with Crippen LogP contribution >= 0.6 is 11.6 Å². The van der Waals surface area contributed by atoms with Gasteiger partial charge in [-0.25, -0.2) is 4.98 Å². The van der Waals surface area contributed by atoms with Crippen LogP contribution in [0.4, 0.5) is 0 Å². The zero-order valence-electron chi connectivity index (χ0n) is 16.4. The standard InChI is InChI=1S/C23H24ClN3O/c1-14(25-2)22-23(28-3)27-20(13-26-22)19-12-6-11-18(21(19)24)17-10-5-8-15-7-4-9-16(15)17/h5-6,8,10-14,25H,4,7,9H2,1-3H3. The van der Waals surface area contributed by atoms with Gasteiger partial charge in [0.1, 0.15) is 5.69 Å². The van der Waals surface area contributed by atoms with Crippen LogP contribution in [-0.4, -0.2) is 24.1 Å². The van der Waals surface area contributed by atoms with E-state index in [9.17, 15) is 0 Å². The fourth-order valence-electron chi connectivity index (χ4n) is 3.91. The number of methoxy groups -OCH3 is 1. The lowest BCUT2D eigenvalue weighted by molar-refractivity contribution is 0.383. The van der Waals surface area contributed by atoms with Crippen molar-refractivity contribution in [3.8, 4) is 28.3 Å². The van der Waals surface area contributed by atoms with E-state index in [1.807, 2.05) is 26.1 Å². The number of rotatable bonds is 5. The molecule has 2 aromatic carbocycles. The lowest BCUT2D eigenvalue weighted by Crippen LogP contribution is -2.15. The van der Waals surface area contributed by atoms with E-state index in [4.69, 9.17) is 16.3 Å². The molecular formula is C23H24ClN3O. The normalized spacial score (nSPS) is 14.0. The van der Waals surface area contributed by atoms with Crippen molar-refractivity contribution < 1.29 is 4.74 Å². The molecule has 1 aliphatic rings. The molecule has 1 aromatic heterocycles. The molecule has 0 amide bonds. The predicted molar refractivity (Wildman–Crippen MR) is 114 cm³/mol. The molecule has 1 N–H and O–H groups in total.